The van der Waals surface area contributed by atoms with Crippen molar-refractivity contribution >= 4 is 21.9 Å². The lowest BCUT2D eigenvalue weighted by atomic mass is 9.83. The van der Waals surface area contributed by atoms with Crippen LogP contribution in [0.3, 0.4) is 0 Å². The molecule has 2 bridgehead atoms. The zero-order valence-electron chi connectivity index (χ0n) is 20.8. The van der Waals surface area contributed by atoms with Gasteiger partial charge in [0, 0.05) is 28.5 Å². The van der Waals surface area contributed by atoms with Gasteiger partial charge in [-0.25, -0.2) is 4.57 Å². The molecule has 5 aromatic rings. The number of aryl methyl sites for hydroxylation is 2. The SMILES string of the molecule is Cc1ccc2c(oc3c(-c4ccc(C5CC6CCC5C6)cc4)c(C#N)ccc32)c1-c1cccc[n+]1C. The Bertz CT molecular complexity index is 1690. The molecule has 0 N–H and O–H groups in total. The number of rotatable bonds is 3. The van der Waals surface area contributed by atoms with Gasteiger partial charge in [0.1, 0.15) is 18.2 Å². The lowest BCUT2D eigenvalue weighted by Gasteiger charge is -2.22. The number of nitriles is 1. The molecule has 0 saturated heterocycles. The van der Waals surface area contributed by atoms with Gasteiger partial charge in [0.05, 0.1) is 17.2 Å². The van der Waals surface area contributed by atoms with Crippen LogP contribution >= 0.6 is 0 Å². The van der Waals surface area contributed by atoms with E-state index in [9.17, 15) is 5.26 Å². The molecule has 3 atom stereocenters. The molecule has 2 aromatic heterocycles. The number of fused-ring (bicyclic) bond motifs is 5. The summed E-state index contributed by atoms with van der Waals surface area (Å²) in [5.74, 6) is 2.49. The topological polar surface area (TPSA) is 40.8 Å². The van der Waals surface area contributed by atoms with E-state index in [0.717, 1.165) is 56.2 Å². The first kappa shape index (κ1) is 21.4. The molecule has 3 aromatic carbocycles. The third kappa shape index (κ3) is 3.14. The number of benzene rings is 3. The van der Waals surface area contributed by atoms with Gasteiger partial charge in [-0.1, -0.05) is 42.8 Å². The molecular formula is C33H29N2O+. The van der Waals surface area contributed by atoms with E-state index in [0.29, 0.717) is 11.5 Å². The second kappa shape index (κ2) is 8.07. The van der Waals surface area contributed by atoms with Crippen LogP contribution in [0.2, 0.25) is 0 Å². The van der Waals surface area contributed by atoms with E-state index in [4.69, 9.17) is 4.42 Å². The van der Waals surface area contributed by atoms with Gasteiger partial charge in [0.2, 0.25) is 5.69 Å². The third-order valence-corrected chi connectivity index (χ3v) is 8.82. The Kier molecular flexibility index (Phi) is 4.79. The molecule has 2 aliphatic rings. The standard InChI is InChI=1S/C33H29N2O/c1-20-6-14-26-27-15-13-25(19-34)31(33(27)36-32(26)30(20)29-5-3-4-16-35(29)2)23-11-9-22(10-12-23)28-18-21-7-8-24(28)17-21/h3-6,9-16,21,24,28H,7-8,17-18H2,1-2H3/q+1. The van der Waals surface area contributed by atoms with Crippen LogP contribution in [0.1, 0.15) is 48.3 Å². The van der Waals surface area contributed by atoms with Crippen molar-refractivity contribution in [3.05, 3.63) is 89.6 Å². The van der Waals surface area contributed by atoms with Crippen molar-refractivity contribution in [2.75, 3.05) is 0 Å². The molecule has 3 heteroatoms. The highest BCUT2D eigenvalue weighted by Gasteiger charge is 2.40. The van der Waals surface area contributed by atoms with Crippen LogP contribution in [0.15, 0.2) is 77.3 Å². The van der Waals surface area contributed by atoms with E-state index in [1.54, 1.807) is 0 Å². The highest BCUT2D eigenvalue weighted by atomic mass is 16.3. The van der Waals surface area contributed by atoms with Gasteiger partial charge in [-0.3, -0.25) is 0 Å². The zero-order valence-corrected chi connectivity index (χ0v) is 20.8. The molecule has 2 heterocycles. The molecular weight excluding hydrogens is 440 g/mol. The maximum Gasteiger partial charge on any atom is 0.216 e. The van der Waals surface area contributed by atoms with Crippen molar-refractivity contribution < 1.29 is 8.98 Å². The molecule has 3 nitrogen and oxygen atoms in total. The Balaban J connectivity index is 1.42. The molecule has 0 spiro atoms. The second-order valence-corrected chi connectivity index (χ2v) is 10.8. The summed E-state index contributed by atoms with van der Waals surface area (Å²) in [7, 11) is 2.06. The summed E-state index contributed by atoms with van der Waals surface area (Å²) in [5.41, 5.74) is 9.09. The number of hydrogen-bond acceptors (Lipinski definition) is 2. The van der Waals surface area contributed by atoms with Gasteiger partial charge in [-0.2, -0.15) is 5.26 Å². The second-order valence-electron chi connectivity index (χ2n) is 10.8. The minimum Gasteiger partial charge on any atom is -0.454 e. The fourth-order valence-corrected chi connectivity index (χ4v) is 7.03. The van der Waals surface area contributed by atoms with Crippen molar-refractivity contribution in [2.45, 2.75) is 38.5 Å². The summed E-state index contributed by atoms with van der Waals surface area (Å²) in [5, 5.41) is 12.2. The number of pyridine rings is 1. The highest BCUT2D eigenvalue weighted by Crippen LogP contribution is 2.53. The quantitative estimate of drug-likeness (QED) is 0.253. The lowest BCUT2D eigenvalue weighted by Crippen LogP contribution is -2.30. The maximum absolute atomic E-state index is 10.0. The first-order chi connectivity index (χ1) is 17.6. The Labute approximate surface area is 211 Å². The monoisotopic (exact) mass is 469 g/mol. The molecule has 0 radical (unpaired) electrons. The summed E-state index contributed by atoms with van der Waals surface area (Å²) in [4.78, 5) is 0. The van der Waals surface area contributed by atoms with Crippen LogP contribution in [0, 0.1) is 30.1 Å². The van der Waals surface area contributed by atoms with E-state index < -0.39 is 0 Å². The lowest BCUT2D eigenvalue weighted by molar-refractivity contribution is -0.660. The Morgan fingerprint density at radius 2 is 1.64 bits per heavy atom. The molecule has 0 aliphatic heterocycles. The summed E-state index contributed by atoms with van der Waals surface area (Å²) in [6, 6.07) is 25.9. The van der Waals surface area contributed by atoms with Gasteiger partial charge in [0.25, 0.3) is 0 Å². The fourth-order valence-electron chi connectivity index (χ4n) is 7.03. The normalized spacial score (nSPS) is 20.9. The molecule has 3 unspecified atom stereocenters. The van der Waals surface area contributed by atoms with Gasteiger partial charge < -0.3 is 4.42 Å². The van der Waals surface area contributed by atoms with E-state index in [1.165, 1.54) is 36.8 Å². The van der Waals surface area contributed by atoms with Gasteiger partial charge in [0.15, 0.2) is 6.20 Å². The van der Waals surface area contributed by atoms with Gasteiger partial charge >= 0.3 is 0 Å². The maximum atomic E-state index is 10.0. The average molecular weight is 470 g/mol. The van der Waals surface area contributed by atoms with Crippen molar-refractivity contribution in [3.63, 3.8) is 0 Å². The molecule has 0 amide bonds. The predicted molar refractivity (Wildman–Crippen MR) is 143 cm³/mol. The smallest absolute Gasteiger partial charge is 0.216 e. The summed E-state index contributed by atoms with van der Waals surface area (Å²) in [6.07, 6.45) is 7.61. The summed E-state index contributed by atoms with van der Waals surface area (Å²) >= 11 is 0. The number of aromatic nitrogens is 1. The van der Waals surface area contributed by atoms with Crippen LogP contribution in [-0.4, -0.2) is 0 Å². The first-order valence-corrected chi connectivity index (χ1v) is 13.1. The Hall–Kier alpha value is -3.90. The van der Waals surface area contributed by atoms with Crippen LogP contribution in [0.4, 0.5) is 0 Å². The molecule has 7 rings (SSSR count). The van der Waals surface area contributed by atoms with Crippen molar-refractivity contribution in [2.24, 2.45) is 18.9 Å². The van der Waals surface area contributed by atoms with Crippen LogP contribution in [0.5, 0.6) is 0 Å². The minimum absolute atomic E-state index is 0.651. The van der Waals surface area contributed by atoms with Crippen molar-refractivity contribution in [1.82, 2.24) is 0 Å². The molecule has 36 heavy (non-hydrogen) atoms. The average Bonchev–Trinajstić information content (AvgIpc) is 3.63. The van der Waals surface area contributed by atoms with Crippen molar-refractivity contribution in [3.8, 4) is 28.5 Å². The number of hydrogen-bond donors (Lipinski definition) is 0. The largest absolute Gasteiger partial charge is 0.454 e. The molecule has 2 saturated carbocycles. The number of nitrogens with zero attached hydrogens (tertiary/aromatic N) is 2. The van der Waals surface area contributed by atoms with Gasteiger partial charge in [-0.05, 0) is 78.8 Å². The highest BCUT2D eigenvalue weighted by molar-refractivity contribution is 6.13. The van der Waals surface area contributed by atoms with Crippen LogP contribution < -0.4 is 4.57 Å². The zero-order chi connectivity index (χ0) is 24.4. The van der Waals surface area contributed by atoms with E-state index >= 15 is 0 Å². The summed E-state index contributed by atoms with van der Waals surface area (Å²) in [6.45, 7) is 2.13. The van der Waals surface area contributed by atoms with Crippen LogP contribution in [0.25, 0.3) is 44.3 Å². The van der Waals surface area contributed by atoms with E-state index in [-0.39, 0.29) is 0 Å². The fraction of sp³-hybridized carbons (Fsp3) is 0.273. The molecule has 176 valence electrons. The van der Waals surface area contributed by atoms with E-state index in [1.807, 2.05) is 18.2 Å². The number of furan rings is 1. The Morgan fingerprint density at radius 1 is 0.861 bits per heavy atom. The van der Waals surface area contributed by atoms with Crippen molar-refractivity contribution in [1.29, 1.82) is 5.26 Å². The molecule has 2 fully saturated rings. The van der Waals surface area contributed by atoms with E-state index in [2.05, 4.69) is 79.3 Å². The van der Waals surface area contributed by atoms with Gasteiger partial charge in [-0.15, -0.1) is 0 Å². The minimum atomic E-state index is 0.651. The third-order valence-electron chi connectivity index (χ3n) is 8.82. The Morgan fingerprint density at radius 3 is 2.33 bits per heavy atom. The summed E-state index contributed by atoms with van der Waals surface area (Å²) < 4.78 is 8.84. The predicted octanol–water partition coefficient (Wildman–Crippen LogP) is 7.83. The first-order valence-electron chi connectivity index (χ1n) is 13.1. The molecule has 2 aliphatic carbocycles. The van der Waals surface area contributed by atoms with Crippen LogP contribution in [-0.2, 0) is 7.05 Å².